The molecule has 0 atom stereocenters. The zero-order valence-corrected chi connectivity index (χ0v) is 9.11. The standard InChI is InChI=1S/C12H18N2O/c1-14-8-6-12(13,7-9-14)10-2-4-11(15)5-3-10/h2-5,15H,6-9,13H2,1H3. The van der Waals surface area contributed by atoms with Crippen molar-refractivity contribution in [1.82, 2.24) is 4.90 Å². The molecule has 3 nitrogen and oxygen atoms in total. The normalized spacial score (nSPS) is 21.5. The first-order chi connectivity index (χ1) is 7.10. The van der Waals surface area contributed by atoms with E-state index in [-0.39, 0.29) is 5.54 Å². The molecule has 0 spiro atoms. The van der Waals surface area contributed by atoms with E-state index in [9.17, 15) is 5.11 Å². The third-order valence-corrected chi connectivity index (χ3v) is 3.32. The summed E-state index contributed by atoms with van der Waals surface area (Å²) in [5.74, 6) is 0.301. The summed E-state index contributed by atoms with van der Waals surface area (Å²) in [6.45, 7) is 2.08. The van der Waals surface area contributed by atoms with Crippen molar-refractivity contribution in [3.63, 3.8) is 0 Å². The van der Waals surface area contributed by atoms with E-state index >= 15 is 0 Å². The van der Waals surface area contributed by atoms with Gasteiger partial charge in [-0.05, 0) is 50.7 Å². The van der Waals surface area contributed by atoms with Gasteiger partial charge in [-0.1, -0.05) is 12.1 Å². The average Bonchev–Trinajstić information content (AvgIpc) is 2.24. The largest absolute Gasteiger partial charge is 0.508 e. The monoisotopic (exact) mass is 206 g/mol. The van der Waals surface area contributed by atoms with Gasteiger partial charge in [0.15, 0.2) is 0 Å². The number of hydrogen-bond donors (Lipinski definition) is 2. The summed E-state index contributed by atoms with van der Waals surface area (Å²) < 4.78 is 0. The SMILES string of the molecule is CN1CCC(N)(c2ccc(O)cc2)CC1. The second-order valence-electron chi connectivity index (χ2n) is 4.51. The first kappa shape index (κ1) is 10.5. The zero-order valence-electron chi connectivity index (χ0n) is 9.11. The number of rotatable bonds is 1. The van der Waals surface area contributed by atoms with E-state index in [1.54, 1.807) is 12.1 Å². The second kappa shape index (κ2) is 3.83. The number of nitrogens with zero attached hydrogens (tertiary/aromatic N) is 1. The predicted molar refractivity (Wildman–Crippen MR) is 60.7 cm³/mol. The maximum Gasteiger partial charge on any atom is 0.115 e. The van der Waals surface area contributed by atoms with Crippen LogP contribution >= 0.6 is 0 Å². The van der Waals surface area contributed by atoms with Gasteiger partial charge in [0.05, 0.1) is 0 Å². The van der Waals surface area contributed by atoms with Crippen LogP contribution in [-0.4, -0.2) is 30.1 Å². The van der Waals surface area contributed by atoms with Crippen molar-refractivity contribution in [3.8, 4) is 5.75 Å². The number of phenols is 1. The molecule has 0 saturated carbocycles. The van der Waals surface area contributed by atoms with E-state index in [1.807, 2.05) is 12.1 Å². The molecule has 0 aromatic heterocycles. The minimum absolute atomic E-state index is 0.208. The molecule has 1 fully saturated rings. The molecule has 0 amide bonds. The van der Waals surface area contributed by atoms with Gasteiger partial charge in [-0.25, -0.2) is 0 Å². The molecule has 0 aliphatic carbocycles. The van der Waals surface area contributed by atoms with Gasteiger partial charge in [0.25, 0.3) is 0 Å². The quantitative estimate of drug-likeness (QED) is 0.727. The fourth-order valence-electron chi connectivity index (χ4n) is 2.10. The topological polar surface area (TPSA) is 49.5 Å². The van der Waals surface area contributed by atoms with Crippen molar-refractivity contribution >= 4 is 0 Å². The number of benzene rings is 1. The zero-order chi connectivity index (χ0) is 10.9. The Hall–Kier alpha value is -1.06. The van der Waals surface area contributed by atoms with Gasteiger partial charge < -0.3 is 15.7 Å². The van der Waals surface area contributed by atoms with Gasteiger partial charge in [-0.2, -0.15) is 0 Å². The first-order valence-electron chi connectivity index (χ1n) is 5.37. The van der Waals surface area contributed by atoms with E-state index in [0.29, 0.717) is 5.75 Å². The summed E-state index contributed by atoms with van der Waals surface area (Å²) in [6.07, 6.45) is 1.96. The molecule has 0 bridgehead atoms. The molecule has 1 heterocycles. The molecule has 82 valence electrons. The molecule has 0 unspecified atom stereocenters. The third kappa shape index (κ3) is 2.13. The van der Waals surface area contributed by atoms with Crippen LogP contribution in [0.4, 0.5) is 0 Å². The maximum atomic E-state index is 9.23. The van der Waals surface area contributed by atoms with E-state index in [2.05, 4.69) is 11.9 Å². The van der Waals surface area contributed by atoms with Crippen LogP contribution in [0.5, 0.6) is 5.75 Å². The van der Waals surface area contributed by atoms with Gasteiger partial charge in [0.1, 0.15) is 5.75 Å². The lowest BCUT2D eigenvalue weighted by molar-refractivity contribution is 0.191. The van der Waals surface area contributed by atoms with Crippen molar-refractivity contribution in [2.75, 3.05) is 20.1 Å². The van der Waals surface area contributed by atoms with Crippen molar-refractivity contribution in [3.05, 3.63) is 29.8 Å². The Labute approximate surface area is 90.5 Å². The van der Waals surface area contributed by atoms with E-state index < -0.39 is 0 Å². The summed E-state index contributed by atoms with van der Waals surface area (Å²) in [6, 6.07) is 7.28. The summed E-state index contributed by atoms with van der Waals surface area (Å²) in [5.41, 5.74) is 7.31. The van der Waals surface area contributed by atoms with Crippen LogP contribution in [0.3, 0.4) is 0 Å². The lowest BCUT2D eigenvalue weighted by atomic mass is 9.82. The molecule has 1 aliphatic heterocycles. The van der Waals surface area contributed by atoms with Crippen LogP contribution in [0.25, 0.3) is 0 Å². The lowest BCUT2D eigenvalue weighted by Crippen LogP contribution is -2.46. The van der Waals surface area contributed by atoms with Gasteiger partial charge in [0, 0.05) is 5.54 Å². The van der Waals surface area contributed by atoms with Crippen LogP contribution in [0.2, 0.25) is 0 Å². The number of hydrogen-bond acceptors (Lipinski definition) is 3. The highest BCUT2D eigenvalue weighted by Crippen LogP contribution is 2.30. The summed E-state index contributed by atoms with van der Waals surface area (Å²) >= 11 is 0. The second-order valence-corrected chi connectivity index (χ2v) is 4.51. The van der Waals surface area contributed by atoms with Gasteiger partial charge in [-0.15, -0.1) is 0 Å². The highest BCUT2D eigenvalue weighted by molar-refractivity contribution is 5.31. The van der Waals surface area contributed by atoms with Gasteiger partial charge >= 0.3 is 0 Å². The van der Waals surface area contributed by atoms with Crippen molar-refractivity contribution in [1.29, 1.82) is 0 Å². The van der Waals surface area contributed by atoms with Crippen molar-refractivity contribution in [2.45, 2.75) is 18.4 Å². The number of aromatic hydroxyl groups is 1. The molecule has 1 aliphatic rings. The smallest absolute Gasteiger partial charge is 0.115 e. The van der Waals surface area contributed by atoms with E-state index in [1.165, 1.54) is 0 Å². The van der Waals surface area contributed by atoms with Gasteiger partial charge in [-0.3, -0.25) is 0 Å². The van der Waals surface area contributed by atoms with Crippen LogP contribution < -0.4 is 5.73 Å². The molecular weight excluding hydrogens is 188 g/mol. The van der Waals surface area contributed by atoms with Crippen LogP contribution in [0.15, 0.2) is 24.3 Å². The summed E-state index contributed by atoms with van der Waals surface area (Å²) in [7, 11) is 2.12. The Morgan fingerprint density at radius 3 is 2.27 bits per heavy atom. The third-order valence-electron chi connectivity index (χ3n) is 3.32. The van der Waals surface area contributed by atoms with Crippen molar-refractivity contribution < 1.29 is 5.11 Å². The lowest BCUT2D eigenvalue weighted by Gasteiger charge is -2.38. The molecule has 15 heavy (non-hydrogen) atoms. The number of likely N-dealkylation sites (tertiary alicyclic amines) is 1. The molecule has 2 rings (SSSR count). The minimum atomic E-state index is -0.208. The highest BCUT2D eigenvalue weighted by Gasteiger charge is 2.30. The molecule has 3 heteroatoms. The number of phenolic OH excluding ortho intramolecular Hbond substituents is 1. The molecular formula is C12H18N2O. The Morgan fingerprint density at radius 2 is 1.73 bits per heavy atom. The molecule has 0 radical (unpaired) electrons. The van der Waals surface area contributed by atoms with E-state index in [0.717, 1.165) is 31.5 Å². The Kier molecular flexibility index (Phi) is 2.67. The highest BCUT2D eigenvalue weighted by atomic mass is 16.3. The van der Waals surface area contributed by atoms with Crippen LogP contribution in [-0.2, 0) is 5.54 Å². The Balaban J connectivity index is 2.18. The first-order valence-corrected chi connectivity index (χ1v) is 5.37. The van der Waals surface area contributed by atoms with Crippen LogP contribution in [0, 0.1) is 0 Å². The predicted octanol–water partition coefficient (Wildman–Crippen LogP) is 1.27. The maximum absolute atomic E-state index is 9.23. The summed E-state index contributed by atoms with van der Waals surface area (Å²) in [4.78, 5) is 2.30. The Morgan fingerprint density at radius 1 is 1.20 bits per heavy atom. The molecule has 1 saturated heterocycles. The van der Waals surface area contributed by atoms with E-state index in [4.69, 9.17) is 5.73 Å². The molecule has 1 aromatic carbocycles. The van der Waals surface area contributed by atoms with Crippen molar-refractivity contribution in [2.24, 2.45) is 5.73 Å². The molecule has 3 N–H and O–H groups in total. The summed E-state index contributed by atoms with van der Waals surface area (Å²) in [5, 5.41) is 9.23. The van der Waals surface area contributed by atoms with Gasteiger partial charge in [0.2, 0.25) is 0 Å². The Bertz CT molecular complexity index is 326. The average molecular weight is 206 g/mol. The van der Waals surface area contributed by atoms with Crippen LogP contribution in [0.1, 0.15) is 18.4 Å². The fraction of sp³-hybridized carbons (Fsp3) is 0.500. The minimum Gasteiger partial charge on any atom is -0.508 e. The molecule has 1 aromatic rings. The number of nitrogens with two attached hydrogens (primary N) is 1. The number of piperidine rings is 1. The fourth-order valence-corrected chi connectivity index (χ4v) is 2.10.